The highest BCUT2D eigenvalue weighted by Crippen LogP contribution is 2.41. The van der Waals surface area contributed by atoms with Crippen LogP contribution in [0.4, 0.5) is 0 Å². The zero-order chi connectivity index (χ0) is 14.3. The Morgan fingerprint density at radius 2 is 1.65 bits per heavy atom. The minimum Gasteiger partial charge on any atom is -0.479 e. The topological polar surface area (TPSA) is 83.9 Å². The van der Waals surface area contributed by atoms with E-state index in [1.807, 2.05) is 12.2 Å². The van der Waals surface area contributed by atoms with E-state index >= 15 is 0 Å². The average molecular weight is 279 g/mol. The Balaban J connectivity index is 1.98. The number of aliphatic carboxylic acids is 1. The van der Waals surface area contributed by atoms with E-state index in [4.69, 9.17) is 4.74 Å². The molecule has 0 spiro atoms. The molecule has 2 atom stereocenters. The molecule has 1 aliphatic carbocycles. The third-order valence-electron chi connectivity index (χ3n) is 4.65. The Morgan fingerprint density at radius 3 is 2.10 bits per heavy atom. The normalized spacial score (nSPS) is 32.3. The molecule has 2 amide bonds. The van der Waals surface area contributed by atoms with Crippen LogP contribution in [0.3, 0.4) is 0 Å². The van der Waals surface area contributed by atoms with E-state index in [-0.39, 0.29) is 49.7 Å². The highest BCUT2D eigenvalue weighted by Gasteiger charge is 2.58. The third-order valence-corrected chi connectivity index (χ3v) is 4.65. The zero-order valence-corrected chi connectivity index (χ0v) is 11.1. The number of likely N-dealkylation sites (tertiary alicyclic amines) is 1. The lowest BCUT2D eigenvalue weighted by molar-refractivity contribution is -0.170. The van der Waals surface area contributed by atoms with Gasteiger partial charge < -0.3 is 9.84 Å². The van der Waals surface area contributed by atoms with Gasteiger partial charge in [0.2, 0.25) is 11.8 Å². The number of nitrogens with zero attached hydrogens (tertiary/aromatic N) is 1. The van der Waals surface area contributed by atoms with Crippen LogP contribution in [-0.2, 0) is 19.1 Å². The summed E-state index contributed by atoms with van der Waals surface area (Å²) < 4.78 is 5.20. The molecule has 0 bridgehead atoms. The van der Waals surface area contributed by atoms with E-state index in [1.165, 1.54) is 0 Å². The number of amides is 2. The molecular weight excluding hydrogens is 262 g/mol. The minimum absolute atomic E-state index is 0.173. The summed E-state index contributed by atoms with van der Waals surface area (Å²) in [4.78, 5) is 37.8. The van der Waals surface area contributed by atoms with Crippen molar-refractivity contribution < 1.29 is 24.2 Å². The van der Waals surface area contributed by atoms with Crippen molar-refractivity contribution in [3.05, 3.63) is 12.2 Å². The number of allylic oxidation sites excluding steroid dienone is 2. The van der Waals surface area contributed by atoms with Crippen molar-refractivity contribution in [2.75, 3.05) is 13.2 Å². The maximum Gasteiger partial charge on any atom is 0.330 e. The summed E-state index contributed by atoms with van der Waals surface area (Å²) in [6.07, 6.45) is 5.19. The molecule has 6 nitrogen and oxygen atoms in total. The molecule has 3 rings (SSSR count). The Morgan fingerprint density at radius 1 is 1.15 bits per heavy atom. The van der Waals surface area contributed by atoms with Crippen molar-refractivity contribution in [1.29, 1.82) is 0 Å². The number of carbonyl (C=O) groups is 3. The Labute approximate surface area is 116 Å². The van der Waals surface area contributed by atoms with Gasteiger partial charge in [-0.3, -0.25) is 14.5 Å². The molecule has 2 unspecified atom stereocenters. The molecule has 2 saturated heterocycles. The number of carbonyl (C=O) groups excluding carboxylic acids is 2. The fraction of sp³-hybridized carbons (Fsp3) is 0.643. The van der Waals surface area contributed by atoms with Gasteiger partial charge in [-0.1, -0.05) is 12.2 Å². The first-order chi connectivity index (χ1) is 9.58. The molecule has 6 heteroatoms. The highest BCUT2D eigenvalue weighted by molar-refractivity contribution is 6.09. The fourth-order valence-corrected chi connectivity index (χ4v) is 3.46. The number of imide groups is 1. The predicted molar refractivity (Wildman–Crippen MR) is 67.6 cm³/mol. The quantitative estimate of drug-likeness (QED) is 0.590. The number of carboxylic acid groups (broad SMARTS) is 1. The second-order valence-corrected chi connectivity index (χ2v) is 5.62. The monoisotopic (exact) mass is 279 g/mol. The van der Waals surface area contributed by atoms with Crippen LogP contribution in [-0.4, -0.2) is 46.5 Å². The smallest absolute Gasteiger partial charge is 0.330 e. The molecule has 0 saturated carbocycles. The summed E-state index contributed by atoms with van der Waals surface area (Å²) in [7, 11) is 0. The van der Waals surface area contributed by atoms with E-state index in [0.717, 1.165) is 4.90 Å². The number of fused-ring (bicyclic) bond motifs is 1. The van der Waals surface area contributed by atoms with Gasteiger partial charge in [-0.2, -0.15) is 0 Å². The van der Waals surface area contributed by atoms with Crippen molar-refractivity contribution in [1.82, 2.24) is 4.90 Å². The summed E-state index contributed by atoms with van der Waals surface area (Å²) in [5, 5.41) is 9.60. The van der Waals surface area contributed by atoms with Crippen molar-refractivity contribution in [3.63, 3.8) is 0 Å². The van der Waals surface area contributed by atoms with Gasteiger partial charge in [0.15, 0.2) is 5.54 Å². The van der Waals surface area contributed by atoms with Crippen molar-refractivity contribution in [2.45, 2.75) is 31.2 Å². The van der Waals surface area contributed by atoms with Crippen LogP contribution in [0.5, 0.6) is 0 Å². The Kier molecular flexibility index (Phi) is 3.12. The first-order valence-corrected chi connectivity index (χ1v) is 6.92. The number of carboxylic acids is 1. The molecule has 0 aromatic heterocycles. The van der Waals surface area contributed by atoms with Gasteiger partial charge in [-0.05, 0) is 12.8 Å². The SMILES string of the molecule is O=C1C2CC=CCC2C(=O)N1C1(C(=O)O)CCOCC1. The van der Waals surface area contributed by atoms with Crippen molar-refractivity contribution in [3.8, 4) is 0 Å². The van der Waals surface area contributed by atoms with E-state index in [1.54, 1.807) is 0 Å². The second-order valence-electron chi connectivity index (χ2n) is 5.62. The summed E-state index contributed by atoms with van der Waals surface area (Å²) in [5.41, 5.74) is -1.41. The molecule has 20 heavy (non-hydrogen) atoms. The van der Waals surface area contributed by atoms with Crippen molar-refractivity contribution in [2.24, 2.45) is 11.8 Å². The lowest BCUT2D eigenvalue weighted by Gasteiger charge is -2.39. The summed E-state index contributed by atoms with van der Waals surface area (Å²) in [6, 6.07) is 0. The maximum absolute atomic E-state index is 12.5. The van der Waals surface area contributed by atoms with Crippen LogP contribution >= 0.6 is 0 Å². The first-order valence-electron chi connectivity index (χ1n) is 6.92. The molecule has 2 aliphatic heterocycles. The van der Waals surface area contributed by atoms with Crippen LogP contribution in [0.25, 0.3) is 0 Å². The standard InChI is InChI=1S/C14H17NO5/c16-11-9-3-1-2-4-10(9)12(17)15(11)14(13(18)19)5-7-20-8-6-14/h1-2,9-10H,3-8H2,(H,18,19). The molecule has 0 aromatic carbocycles. The van der Waals surface area contributed by atoms with Gasteiger partial charge in [0, 0.05) is 26.1 Å². The summed E-state index contributed by atoms with van der Waals surface area (Å²) >= 11 is 0. The first kappa shape index (κ1) is 13.3. The number of hydrogen-bond donors (Lipinski definition) is 1. The van der Waals surface area contributed by atoms with E-state index in [2.05, 4.69) is 0 Å². The van der Waals surface area contributed by atoms with E-state index in [9.17, 15) is 19.5 Å². The number of hydrogen-bond acceptors (Lipinski definition) is 4. The summed E-state index contributed by atoms with van der Waals surface area (Å²) in [6.45, 7) is 0.522. The number of ether oxygens (including phenoxy) is 1. The van der Waals surface area contributed by atoms with Gasteiger partial charge in [-0.15, -0.1) is 0 Å². The zero-order valence-electron chi connectivity index (χ0n) is 11.1. The van der Waals surface area contributed by atoms with E-state index < -0.39 is 11.5 Å². The van der Waals surface area contributed by atoms with Crippen LogP contribution in [0.15, 0.2) is 12.2 Å². The maximum atomic E-state index is 12.5. The molecule has 0 aromatic rings. The molecule has 3 aliphatic rings. The predicted octanol–water partition coefficient (Wildman–Crippen LogP) is 0.571. The number of rotatable bonds is 2. The Hall–Kier alpha value is -1.69. The molecule has 2 fully saturated rings. The fourth-order valence-electron chi connectivity index (χ4n) is 3.46. The molecule has 108 valence electrons. The highest BCUT2D eigenvalue weighted by atomic mass is 16.5. The van der Waals surface area contributed by atoms with Crippen LogP contribution in [0.2, 0.25) is 0 Å². The second kappa shape index (κ2) is 4.70. The van der Waals surface area contributed by atoms with Gasteiger partial charge >= 0.3 is 5.97 Å². The molecular formula is C14H17NO5. The van der Waals surface area contributed by atoms with Gasteiger partial charge in [0.25, 0.3) is 0 Å². The van der Waals surface area contributed by atoms with Gasteiger partial charge in [0.05, 0.1) is 11.8 Å². The van der Waals surface area contributed by atoms with Crippen LogP contribution in [0, 0.1) is 11.8 Å². The van der Waals surface area contributed by atoms with Crippen molar-refractivity contribution >= 4 is 17.8 Å². The lowest BCUT2D eigenvalue weighted by Crippen LogP contribution is -2.60. The van der Waals surface area contributed by atoms with Gasteiger partial charge in [0.1, 0.15) is 0 Å². The summed E-state index contributed by atoms with van der Waals surface area (Å²) in [5.74, 6) is -2.52. The molecule has 2 heterocycles. The van der Waals surface area contributed by atoms with Gasteiger partial charge in [-0.25, -0.2) is 4.79 Å². The van der Waals surface area contributed by atoms with Crippen LogP contribution in [0.1, 0.15) is 25.7 Å². The minimum atomic E-state index is -1.41. The van der Waals surface area contributed by atoms with E-state index in [0.29, 0.717) is 12.8 Å². The van der Waals surface area contributed by atoms with Crippen LogP contribution < -0.4 is 0 Å². The largest absolute Gasteiger partial charge is 0.479 e. The Bertz CT molecular complexity index is 466. The molecule has 1 N–H and O–H groups in total. The third kappa shape index (κ3) is 1.71. The molecule has 0 radical (unpaired) electrons. The average Bonchev–Trinajstić information content (AvgIpc) is 2.72. The lowest BCUT2D eigenvalue weighted by atomic mass is 9.85.